The molecule has 4 aromatic rings. The van der Waals surface area contributed by atoms with E-state index in [-0.39, 0.29) is 5.56 Å². The lowest BCUT2D eigenvalue weighted by Gasteiger charge is -2.26. The highest BCUT2D eigenvalue weighted by Crippen LogP contribution is 2.25. The van der Waals surface area contributed by atoms with Crippen LogP contribution in [0.2, 0.25) is 0 Å². The molecule has 0 amide bonds. The molecule has 0 saturated heterocycles. The number of hydrogen-bond donors (Lipinski definition) is 1. The molecule has 0 bridgehead atoms. The molecular weight excluding hydrogens is 370 g/mol. The van der Waals surface area contributed by atoms with Crippen molar-refractivity contribution in [1.82, 2.24) is 14.9 Å². The second-order valence-electron chi connectivity index (χ2n) is 7.02. The van der Waals surface area contributed by atoms with E-state index in [4.69, 9.17) is 4.42 Å². The van der Waals surface area contributed by atoms with Gasteiger partial charge in [-0.15, -0.1) is 11.3 Å². The zero-order valence-electron chi connectivity index (χ0n) is 15.2. The lowest BCUT2D eigenvalue weighted by molar-refractivity contribution is 0.247. The first-order chi connectivity index (χ1) is 13.7. The van der Waals surface area contributed by atoms with Gasteiger partial charge in [0.2, 0.25) is 0 Å². The van der Waals surface area contributed by atoms with Crippen molar-refractivity contribution in [1.29, 1.82) is 0 Å². The van der Waals surface area contributed by atoms with Gasteiger partial charge >= 0.3 is 0 Å². The number of furan rings is 1. The highest BCUT2D eigenvalue weighted by molar-refractivity contribution is 7.10. The van der Waals surface area contributed by atoms with Crippen LogP contribution >= 0.6 is 11.3 Å². The molecule has 0 saturated carbocycles. The van der Waals surface area contributed by atoms with Gasteiger partial charge in [0, 0.05) is 41.7 Å². The van der Waals surface area contributed by atoms with E-state index in [9.17, 15) is 4.79 Å². The summed E-state index contributed by atoms with van der Waals surface area (Å²) < 4.78 is 5.10. The smallest absolute Gasteiger partial charge is 0.251 e. The van der Waals surface area contributed by atoms with Crippen LogP contribution in [0.1, 0.15) is 16.0 Å². The quantitative estimate of drug-likeness (QED) is 0.565. The summed E-state index contributed by atoms with van der Waals surface area (Å²) in [5, 5.41) is 2.19. The number of hydrogen-bond acceptors (Lipinski definition) is 5. The number of aromatic nitrogens is 2. The van der Waals surface area contributed by atoms with Crippen molar-refractivity contribution in [2.75, 3.05) is 6.54 Å². The average molecular weight is 389 g/mol. The Labute approximate surface area is 166 Å². The van der Waals surface area contributed by atoms with E-state index in [0.29, 0.717) is 11.5 Å². The molecule has 3 aromatic heterocycles. The number of nitrogens with zero attached hydrogens (tertiary/aromatic N) is 2. The molecule has 1 aliphatic heterocycles. The molecule has 0 atom stereocenters. The van der Waals surface area contributed by atoms with Gasteiger partial charge in [0.15, 0.2) is 0 Å². The summed E-state index contributed by atoms with van der Waals surface area (Å²) >= 11 is 1.87. The molecule has 6 heteroatoms. The standard InChI is InChI=1S/C22H19N3O2S/c26-21-11-19(18-6-9-27-14-18)23-22(24-21)16-3-1-15(2-4-16)12-25-8-5-20-17(13-25)7-10-28-20/h1-4,6-7,9-11,14H,5,8,12-13H2,(H,23,24,26). The third-order valence-electron chi connectivity index (χ3n) is 5.08. The zero-order chi connectivity index (χ0) is 18.9. The molecule has 0 unspecified atom stereocenters. The lowest BCUT2D eigenvalue weighted by atomic mass is 10.1. The first-order valence-electron chi connectivity index (χ1n) is 9.25. The highest BCUT2D eigenvalue weighted by atomic mass is 32.1. The third kappa shape index (κ3) is 3.44. The molecule has 0 fully saturated rings. The molecule has 5 rings (SSSR count). The lowest BCUT2D eigenvalue weighted by Crippen LogP contribution is -2.29. The van der Waals surface area contributed by atoms with Crippen molar-refractivity contribution in [3.05, 3.63) is 86.7 Å². The number of thiophene rings is 1. The molecule has 5 nitrogen and oxygen atoms in total. The Bertz CT molecular complexity index is 1140. The van der Waals surface area contributed by atoms with E-state index in [2.05, 4.69) is 38.4 Å². The number of rotatable bonds is 4. The maximum atomic E-state index is 12.1. The molecule has 1 aliphatic rings. The van der Waals surface area contributed by atoms with E-state index in [1.165, 1.54) is 22.1 Å². The van der Waals surface area contributed by atoms with Crippen molar-refractivity contribution in [3.63, 3.8) is 0 Å². The van der Waals surface area contributed by atoms with Crippen LogP contribution in [0.25, 0.3) is 22.6 Å². The molecule has 0 spiro atoms. The molecule has 0 radical (unpaired) electrons. The molecule has 140 valence electrons. The van der Waals surface area contributed by atoms with Crippen molar-refractivity contribution in [2.24, 2.45) is 0 Å². The van der Waals surface area contributed by atoms with Gasteiger partial charge in [0.1, 0.15) is 5.82 Å². The minimum absolute atomic E-state index is 0.176. The van der Waals surface area contributed by atoms with E-state index in [1.54, 1.807) is 18.6 Å². The molecule has 1 N–H and O–H groups in total. The fourth-order valence-corrected chi connectivity index (χ4v) is 4.51. The fourth-order valence-electron chi connectivity index (χ4n) is 3.62. The van der Waals surface area contributed by atoms with Crippen molar-refractivity contribution >= 4 is 11.3 Å². The van der Waals surface area contributed by atoms with Gasteiger partial charge in [-0.2, -0.15) is 0 Å². The first kappa shape index (κ1) is 17.2. The summed E-state index contributed by atoms with van der Waals surface area (Å²) in [6.07, 6.45) is 4.30. The van der Waals surface area contributed by atoms with Gasteiger partial charge in [-0.25, -0.2) is 4.98 Å². The van der Waals surface area contributed by atoms with Crippen LogP contribution < -0.4 is 5.56 Å². The molecule has 0 aliphatic carbocycles. The maximum absolute atomic E-state index is 12.1. The minimum Gasteiger partial charge on any atom is -0.472 e. The fraction of sp³-hybridized carbons (Fsp3) is 0.182. The van der Waals surface area contributed by atoms with E-state index < -0.39 is 0 Å². The number of aromatic amines is 1. The Hall–Kier alpha value is -2.96. The Morgan fingerprint density at radius 1 is 1.14 bits per heavy atom. The van der Waals surface area contributed by atoms with Crippen LogP contribution in [0.3, 0.4) is 0 Å². The van der Waals surface area contributed by atoms with E-state index in [0.717, 1.165) is 37.2 Å². The van der Waals surface area contributed by atoms with Gasteiger partial charge in [0.25, 0.3) is 5.56 Å². The van der Waals surface area contributed by atoms with Gasteiger partial charge in [-0.1, -0.05) is 24.3 Å². The van der Waals surface area contributed by atoms with Gasteiger partial charge < -0.3 is 9.40 Å². The van der Waals surface area contributed by atoms with Crippen LogP contribution in [-0.4, -0.2) is 21.4 Å². The highest BCUT2D eigenvalue weighted by Gasteiger charge is 2.17. The van der Waals surface area contributed by atoms with E-state index in [1.807, 2.05) is 23.5 Å². The Morgan fingerprint density at radius 2 is 2.04 bits per heavy atom. The Kier molecular flexibility index (Phi) is 4.43. The summed E-state index contributed by atoms with van der Waals surface area (Å²) in [5.41, 5.74) is 4.84. The van der Waals surface area contributed by atoms with Crippen LogP contribution in [0, 0.1) is 0 Å². The van der Waals surface area contributed by atoms with Crippen LogP contribution in [0.4, 0.5) is 0 Å². The number of nitrogens with one attached hydrogen (secondary N) is 1. The number of benzene rings is 1. The predicted molar refractivity (Wildman–Crippen MR) is 110 cm³/mol. The van der Waals surface area contributed by atoms with Crippen molar-refractivity contribution in [2.45, 2.75) is 19.5 Å². The van der Waals surface area contributed by atoms with Crippen LogP contribution in [-0.2, 0) is 19.5 Å². The average Bonchev–Trinajstić information content (AvgIpc) is 3.40. The molecule has 28 heavy (non-hydrogen) atoms. The molecular formula is C22H19N3O2S. The summed E-state index contributed by atoms with van der Waals surface area (Å²) in [5.74, 6) is 0.566. The topological polar surface area (TPSA) is 62.1 Å². The second-order valence-corrected chi connectivity index (χ2v) is 8.02. The maximum Gasteiger partial charge on any atom is 0.251 e. The molecule has 1 aromatic carbocycles. The Morgan fingerprint density at radius 3 is 2.86 bits per heavy atom. The number of fused-ring (bicyclic) bond motifs is 1. The van der Waals surface area contributed by atoms with Crippen molar-refractivity contribution < 1.29 is 4.42 Å². The predicted octanol–water partition coefficient (Wildman–Crippen LogP) is 4.32. The van der Waals surface area contributed by atoms with Crippen molar-refractivity contribution in [3.8, 4) is 22.6 Å². The SMILES string of the molecule is O=c1cc(-c2ccoc2)nc(-c2ccc(CN3CCc4sccc4C3)cc2)[nH]1. The van der Waals surface area contributed by atoms with Gasteiger partial charge in [0.05, 0.1) is 18.2 Å². The minimum atomic E-state index is -0.176. The zero-order valence-corrected chi connectivity index (χ0v) is 16.0. The second kappa shape index (κ2) is 7.22. The van der Waals surface area contributed by atoms with E-state index >= 15 is 0 Å². The first-order valence-corrected chi connectivity index (χ1v) is 10.1. The normalized spacial score (nSPS) is 14.1. The van der Waals surface area contributed by atoms with Gasteiger partial charge in [-0.3, -0.25) is 9.69 Å². The number of H-pyrrole nitrogens is 1. The van der Waals surface area contributed by atoms with Gasteiger partial charge in [-0.05, 0) is 35.1 Å². The summed E-state index contributed by atoms with van der Waals surface area (Å²) in [6.45, 7) is 3.04. The summed E-state index contributed by atoms with van der Waals surface area (Å²) in [4.78, 5) is 23.5. The summed E-state index contributed by atoms with van der Waals surface area (Å²) in [7, 11) is 0. The monoisotopic (exact) mass is 389 g/mol. The third-order valence-corrected chi connectivity index (χ3v) is 6.10. The van der Waals surface area contributed by atoms with Crippen LogP contribution in [0.5, 0.6) is 0 Å². The molecule has 4 heterocycles. The summed E-state index contributed by atoms with van der Waals surface area (Å²) in [6, 6.07) is 13.8. The van der Waals surface area contributed by atoms with Crippen LogP contribution in [0.15, 0.2) is 69.6 Å². The Balaban J connectivity index is 1.35. The largest absolute Gasteiger partial charge is 0.472 e.